The first kappa shape index (κ1) is 18.7. The lowest BCUT2D eigenvalue weighted by atomic mass is 9.86. The van der Waals surface area contributed by atoms with Gasteiger partial charge in [0.1, 0.15) is 5.82 Å². The fraction of sp³-hybridized carbons (Fsp3) is 0.762. The Kier molecular flexibility index (Phi) is 5.10. The third-order valence-electron chi connectivity index (χ3n) is 6.63. The van der Waals surface area contributed by atoms with Gasteiger partial charge in [0.25, 0.3) is 5.91 Å². The van der Waals surface area contributed by atoms with E-state index >= 15 is 0 Å². The summed E-state index contributed by atoms with van der Waals surface area (Å²) in [5.41, 5.74) is 8.05. The average molecular weight is 372 g/mol. The normalized spacial score (nSPS) is 28.4. The molecule has 1 atom stereocenters. The van der Waals surface area contributed by atoms with Crippen molar-refractivity contribution in [3.8, 4) is 0 Å². The van der Waals surface area contributed by atoms with Gasteiger partial charge in [-0.1, -0.05) is 6.92 Å². The highest BCUT2D eigenvalue weighted by molar-refractivity contribution is 5.91. The van der Waals surface area contributed by atoms with E-state index in [9.17, 15) is 4.79 Å². The highest BCUT2D eigenvalue weighted by Crippen LogP contribution is 2.36. The van der Waals surface area contributed by atoms with Gasteiger partial charge in [-0.3, -0.25) is 4.79 Å². The van der Waals surface area contributed by atoms with Gasteiger partial charge in [-0.15, -0.1) is 0 Å². The zero-order valence-electron chi connectivity index (χ0n) is 16.9. The fourth-order valence-corrected chi connectivity index (χ4v) is 4.62. The minimum Gasteiger partial charge on any atom is -0.355 e. The van der Waals surface area contributed by atoms with Crippen LogP contribution in [-0.4, -0.2) is 52.0 Å². The summed E-state index contributed by atoms with van der Waals surface area (Å²) in [7, 11) is 0. The summed E-state index contributed by atoms with van der Waals surface area (Å²) in [5, 5.41) is 0. The lowest BCUT2D eigenvalue weighted by Crippen LogP contribution is -2.44. The number of nitrogens with two attached hydrogens (primary N) is 1. The van der Waals surface area contributed by atoms with E-state index in [2.05, 4.69) is 21.7 Å². The first-order valence-electron chi connectivity index (χ1n) is 10.6. The van der Waals surface area contributed by atoms with Crippen molar-refractivity contribution in [1.82, 2.24) is 14.9 Å². The first-order valence-corrected chi connectivity index (χ1v) is 10.6. The number of rotatable bonds is 4. The number of anilines is 1. The standard InChI is InChI=1S/C21H33N5O/c1-13-4-6-17(7-5-13)26(18-8-9-18)21(27)19-23-15(3)14(2)20(24-19)25-11-10-16(22)12-25/h13,16-18H,4-12,22H2,1-3H3/t13?,16-,17?/m1/s1. The third-order valence-corrected chi connectivity index (χ3v) is 6.63. The first-order chi connectivity index (χ1) is 12.9. The van der Waals surface area contributed by atoms with Crippen molar-refractivity contribution in [2.24, 2.45) is 11.7 Å². The van der Waals surface area contributed by atoms with Gasteiger partial charge >= 0.3 is 0 Å². The third kappa shape index (κ3) is 3.82. The monoisotopic (exact) mass is 371 g/mol. The summed E-state index contributed by atoms with van der Waals surface area (Å²) in [6.07, 6.45) is 7.87. The SMILES string of the molecule is Cc1nc(C(=O)N(C2CCC(C)CC2)C2CC2)nc(N2CC[C@@H](N)C2)c1C. The highest BCUT2D eigenvalue weighted by Gasteiger charge is 2.40. The van der Waals surface area contributed by atoms with Crippen LogP contribution in [0.5, 0.6) is 0 Å². The number of aromatic nitrogens is 2. The van der Waals surface area contributed by atoms with Crippen LogP contribution in [0.3, 0.4) is 0 Å². The summed E-state index contributed by atoms with van der Waals surface area (Å²) in [6.45, 7) is 8.05. The number of carbonyl (C=O) groups is 1. The molecule has 2 saturated carbocycles. The largest absolute Gasteiger partial charge is 0.355 e. The van der Waals surface area contributed by atoms with Crippen molar-refractivity contribution in [1.29, 1.82) is 0 Å². The lowest BCUT2D eigenvalue weighted by molar-refractivity contribution is 0.0580. The molecule has 6 nitrogen and oxygen atoms in total. The van der Waals surface area contributed by atoms with Gasteiger partial charge in [-0.05, 0) is 64.7 Å². The highest BCUT2D eigenvalue weighted by atomic mass is 16.2. The number of carbonyl (C=O) groups excluding carboxylic acids is 1. The summed E-state index contributed by atoms with van der Waals surface area (Å²) in [5.74, 6) is 2.08. The Labute approximate surface area is 162 Å². The lowest BCUT2D eigenvalue weighted by Gasteiger charge is -2.36. The molecule has 2 heterocycles. The van der Waals surface area contributed by atoms with E-state index in [4.69, 9.17) is 10.7 Å². The molecular weight excluding hydrogens is 338 g/mol. The van der Waals surface area contributed by atoms with Crippen LogP contribution < -0.4 is 10.6 Å². The van der Waals surface area contributed by atoms with E-state index in [1.807, 2.05) is 13.8 Å². The van der Waals surface area contributed by atoms with Crippen LogP contribution in [0.4, 0.5) is 5.82 Å². The predicted molar refractivity (Wildman–Crippen MR) is 107 cm³/mol. The molecule has 0 radical (unpaired) electrons. The smallest absolute Gasteiger partial charge is 0.292 e. The molecular formula is C21H33N5O. The van der Waals surface area contributed by atoms with Crippen molar-refractivity contribution < 1.29 is 4.79 Å². The Bertz CT molecular complexity index is 709. The zero-order valence-corrected chi connectivity index (χ0v) is 16.9. The van der Waals surface area contributed by atoms with Gasteiger partial charge < -0.3 is 15.5 Å². The van der Waals surface area contributed by atoms with E-state index in [0.29, 0.717) is 17.9 Å². The molecule has 0 bridgehead atoms. The molecule has 1 saturated heterocycles. The van der Waals surface area contributed by atoms with Crippen molar-refractivity contribution in [3.05, 3.63) is 17.1 Å². The molecule has 3 fully saturated rings. The van der Waals surface area contributed by atoms with Crippen LogP contribution >= 0.6 is 0 Å². The van der Waals surface area contributed by atoms with Crippen LogP contribution in [0.2, 0.25) is 0 Å². The second kappa shape index (κ2) is 7.38. The maximum absolute atomic E-state index is 13.5. The van der Waals surface area contributed by atoms with Gasteiger partial charge in [-0.25, -0.2) is 9.97 Å². The summed E-state index contributed by atoms with van der Waals surface area (Å²) < 4.78 is 0. The molecule has 148 valence electrons. The number of aryl methyl sites for hydroxylation is 1. The van der Waals surface area contributed by atoms with E-state index in [1.54, 1.807) is 0 Å². The summed E-state index contributed by atoms with van der Waals surface area (Å²) >= 11 is 0. The molecule has 27 heavy (non-hydrogen) atoms. The molecule has 1 aromatic heterocycles. The van der Waals surface area contributed by atoms with E-state index in [0.717, 1.165) is 68.2 Å². The van der Waals surface area contributed by atoms with Crippen molar-refractivity contribution in [2.45, 2.75) is 83.8 Å². The maximum Gasteiger partial charge on any atom is 0.292 e. The minimum absolute atomic E-state index is 0.0323. The molecule has 2 N–H and O–H groups in total. The second-order valence-corrected chi connectivity index (χ2v) is 8.93. The molecule has 6 heteroatoms. The summed E-state index contributed by atoms with van der Waals surface area (Å²) in [4.78, 5) is 27.2. The maximum atomic E-state index is 13.5. The van der Waals surface area contributed by atoms with Gasteiger partial charge in [0.15, 0.2) is 0 Å². The fourth-order valence-electron chi connectivity index (χ4n) is 4.62. The molecule has 1 aromatic rings. The second-order valence-electron chi connectivity index (χ2n) is 8.93. The molecule has 0 aromatic carbocycles. The van der Waals surface area contributed by atoms with E-state index < -0.39 is 0 Å². The number of amides is 1. The Hall–Kier alpha value is -1.69. The molecule has 2 aliphatic carbocycles. The van der Waals surface area contributed by atoms with E-state index in [-0.39, 0.29) is 11.9 Å². The van der Waals surface area contributed by atoms with Crippen molar-refractivity contribution in [2.75, 3.05) is 18.0 Å². The summed E-state index contributed by atoms with van der Waals surface area (Å²) in [6, 6.07) is 0.936. The topological polar surface area (TPSA) is 75.4 Å². The van der Waals surface area contributed by atoms with Gasteiger partial charge in [0, 0.05) is 42.5 Å². The van der Waals surface area contributed by atoms with Gasteiger partial charge in [0.05, 0.1) is 0 Å². The Morgan fingerprint density at radius 1 is 1.04 bits per heavy atom. The molecule has 1 amide bonds. The van der Waals surface area contributed by atoms with Crippen molar-refractivity contribution >= 4 is 11.7 Å². The van der Waals surface area contributed by atoms with Crippen LogP contribution in [0.25, 0.3) is 0 Å². The zero-order chi connectivity index (χ0) is 19.1. The number of hydrogen-bond acceptors (Lipinski definition) is 5. The van der Waals surface area contributed by atoms with Crippen LogP contribution in [0.15, 0.2) is 0 Å². The Morgan fingerprint density at radius 2 is 1.67 bits per heavy atom. The van der Waals surface area contributed by atoms with Gasteiger partial charge in [0.2, 0.25) is 5.82 Å². The van der Waals surface area contributed by atoms with Crippen LogP contribution in [0.1, 0.15) is 73.7 Å². The van der Waals surface area contributed by atoms with Gasteiger partial charge in [-0.2, -0.15) is 0 Å². The van der Waals surface area contributed by atoms with Crippen molar-refractivity contribution in [3.63, 3.8) is 0 Å². The number of nitrogens with zero attached hydrogens (tertiary/aromatic N) is 4. The minimum atomic E-state index is 0.0323. The Morgan fingerprint density at radius 3 is 2.22 bits per heavy atom. The van der Waals surface area contributed by atoms with Crippen LogP contribution in [-0.2, 0) is 0 Å². The Balaban J connectivity index is 1.61. The molecule has 4 rings (SSSR count). The van der Waals surface area contributed by atoms with E-state index in [1.165, 1.54) is 12.8 Å². The van der Waals surface area contributed by atoms with Crippen LogP contribution in [0, 0.1) is 19.8 Å². The molecule has 0 spiro atoms. The molecule has 3 aliphatic rings. The molecule has 0 unspecified atom stereocenters. The number of hydrogen-bond donors (Lipinski definition) is 1. The quantitative estimate of drug-likeness (QED) is 0.881. The molecule has 1 aliphatic heterocycles. The average Bonchev–Trinajstić information content (AvgIpc) is 3.39. The predicted octanol–water partition coefficient (Wildman–Crippen LogP) is 2.81.